The van der Waals surface area contributed by atoms with Gasteiger partial charge in [0.15, 0.2) is 0 Å². The average Bonchev–Trinajstić information content (AvgIpc) is 2.36. The number of rotatable bonds is 7. The maximum Gasteiger partial charge on any atom is 0.0573 e. The first-order valence-corrected chi connectivity index (χ1v) is 7.27. The van der Waals surface area contributed by atoms with Crippen LogP contribution in [0.2, 0.25) is 0 Å². The largest absolute Gasteiger partial charge is 0.384 e. The zero-order valence-electron chi connectivity index (χ0n) is 11.7. The molecule has 3 nitrogen and oxygen atoms in total. The fourth-order valence-corrected chi connectivity index (χ4v) is 2.37. The molecule has 0 spiro atoms. The summed E-state index contributed by atoms with van der Waals surface area (Å²) in [6, 6.07) is 2.23. The molecule has 0 bridgehead atoms. The Balaban J connectivity index is 1.99. The second-order valence-corrected chi connectivity index (χ2v) is 5.19. The van der Waals surface area contributed by atoms with Gasteiger partial charge in [0.1, 0.15) is 0 Å². The number of nitrogens with zero attached hydrogens (tertiary/aromatic N) is 2. The van der Waals surface area contributed by atoms with Crippen molar-refractivity contribution in [3.05, 3.63) is 18.5 Å². The Kier molecular flexibility index (Phi) is 4.85. The standard InChI is InChI=1S/C15H25N3/c1-3-8-17-14-9-15(11-16-10-14)18(4-2)12-13-6-5-7-13/h9-11,13,17H,3-8,12H2,1-2H3. The van der Waals surface area contributed by atoms with Crippen molar-refractivity contribution in [2.45, 2.75) is 39.5 Å². The van der Waals surface area contributed by atoms with E-state index in [1.165, 1.54) is 31.5 Å². The Morgan fingerprint density at radius 2 is 2.17 bits per heavy atom. The molecule has 0 radical (unpaired) electrons. The molecule has 3 heteroatoms. The Morgan fingerprint density at radius 3 is 2.78 bits per heavy atom. The number of hydrogen-bond acceptors (Lipinski definition) is 3. The molecule has 0 saturated heterocycles. The molecule has 1 heterocycles. The van der Waals surface area contributed by atoms with Gasteiger partial charge in [0.25, 0.3) is 0 Å². The Labute approximate surface area is 111 Å². The molecule has 1 saturated carbocycles. The fraction of sp³-hybridized carbons (Fsp3) is 0.667. The lowest BCUT2D eigenvalue weighted by Crippen LogP contribution is -2.32. The molecule has 1 fully saturated rings. The number of nitrogens with one attached hydrogen (secondary N) is 1. The summed E-state index contributed by atoms with van der Waals surface area (Å²) < 4.78 is 0. The molecule has 0 aromatic carbocycles. The minimum absolute atomic E-state index is 0.900. The topological polar surface area (TPSA) is 28.2 Å². The third-order valence-corrected chi connectivity index (χ3v) is 3.75. The van der Waals surface area contributed by atoms with Crippen LogP contribution >= 0.6 is 0 Å². The molecule has 0 unspecified atom stereocenters. The lowest BCUT2D eigenvalue weighted by atomic mass is 9.85. The van der Waals surface area contributed by atoms with Crippen molar-refractivity contribution in [1.29, 1.82) is 0 Å². The average molecular weight is 247 g/mol. The van der Waals surface area contributed by atoms with Gasteiger partial charge in [-0.05, 0) is 38.2 Å². The lowest BCUT2D eigenvalue weighted by Gasteiger charge is -2.33. The Morgan fingerprint density at radius 1 is 1.33 bits per heavy atom. The van der Waals surface area contributed by atoms with E-state index in [9.17, 15) is 0 Å². The maximum atomic E-state index is 4.35. The van der Waals surface area contributed by atoms with E-state index in [2.05, 4.69) is 35.1 Å². The molecule has 100 valence electrons. The fourth-order valence-electron chi connectivity index (χ4n) is 2.37. The van der Waals surface area contributed by atoms with Crippen LogP contribution in [0.1, 0.15) is 39.5 Å². The summed E-state index contributed by atoms with van der Waals surface area (Å²) in [5, 5.41) is 3.41. The predicted molar refractivity (Wildman–Crippen MR) is 78.2 cm³/mol. The van der Waals surface area contributed by atoms with Gasteiger partial charge in [-0.3, -0.25) is 4.98 Å². The summed E-state index contributed by atoms with van der Waals surface area (Å²) in [7, 11) is 0. The van der Waals surface area contributed by atoms with E-state index in [1.807, 2.05) is 12.4 Å². The van der Waals surface area contributed by atoms with E-state index in [4.69, 9.17) is 0 Å². The van der Waals surface area contributed by atoms with Crippen molar-refractivity contribution in [2.24, 2.45) is 5.92 Å². The number of pyridine rings is 1. The highest BCUT2D eigenvalue weighted by molar-refractivity contribution is 5.55. The molecule has 0 aliphatic heterocycles. The van der Waals surface area contributed by atoms with Gasteiger partial charge in [-0.15, -0.1) is 0 Å². The van der Waals surface area contributed by atoms with Crippen LogP contribution < -0.4 is 10.2 Å². The second kappa shape index (κ2) is 6.62. The molecule has 0 atom stereocenters. The third-order valence-electron chi connectivity index (χ3n) is 3.75. The van der Waals surface area contributed by atoms with Crippen LogP contribution in [-0.2, 0) is 0 Å². The molecule has 1 aliphatic rings. The van der Waals surface area contributed by atoms with Crippen LogP contribution in [0.15, 0.2) is 18.5 Å². The summed E-state index contributed by atoms with van der Waals surface area (Å²) >= 11 is 0. The lowest BCUT2D eigenvalue weighted by molar-refractivity contribution is 0.318. The van der Waals surface area contributed by atoms with Crippen molar-refractivity contribution >= 4 is 11.4 Å². The minimum atomic E-state index is 0.900. The number of hydrogen-bond donors (Lipinski definition) is 1. The zero-order valence-corrected chi connectivity index (χ0v) is 11.7. The van der Waals surface area contributed by atoms with Crippen LogP contribution in [0.5, 0.6) is 0 Å². The maximum absolute atomic E-state index is 4.35. The van der Waals surface area contributed by atoms with E-state index in [0.29, 0.717) is 0 Å². The van der Waals surface area contributed by atoms with E-state index in [0.717, 1.165) is 31.1 Å². The van der Waals surface area contributed by atoms with Crippen molar-refractivity contribution in [1.82, 2.24) is 4.98 Å². The Bertz CT molecular complexity index is 361. The van der Waals surface area contributed by atoms with Gasteiger partial charge in [-0.25, -0.2) is 0 Å². The molecule has 2 rings (SSSR count). The van der Waals surface area contributed by atoms with Crippen molar-refractivity contribution < 1.29 is 0 Å². The second-order valence-electron chi connectivity index (χ2n) is 5.19. The van der Waals surface area contributed by atoms with Crippen LogP contribution in [0.25, 0.3) is 0 Å². The van der Waals surface area contributed by atoms with E-state index in [-0.39, 0.29) is 0 Å². The van der Waals surface area contributed by atoms with Crippen molar-refractivity contribution in [2.75, 3.05) is 29.9 Å². The monoisotopic (exact) mass is 247 g/mol. The van der Waals surface area contributed by atoms with Gasteiger partial charge < -0.3 is 10.2 Å². The van der Waals surface area contributed by atoms with Gasteiger partial charge in [0, 0.05) is 19.6 Å². The zero-order chi connectivity index (χ0) is 12.8. The highest BCUT2D eigenvalue weighted by atomic mass is 15.1. The first-order chi connectivity index (χ1) is 8.83. The summed E-state index contributed by atoms with van der Waals surface area (Å²) in [5.41, 5.74) is 2.40. The highest BCUT2D eigenvalue weighted by Gasteiger charge is 2.20. The van der Waals surface area contributed by atoms with Crippen LogP contribution in [0.4, 0.5) is 11.4 Å². The van der Waals surface area contributed by atoms with Gasteiger partial charge in [-0.1, -0.05) is 13.3 Å². The summed E-state index contributed by atoms with van der Waals surface area (Å²) in [6.45, 7) is 7.68. The first kappa shape index (κ1) is 13.2. The summed E-state index contributed by atoms with van der Waals surface area (Å²) in [6.07, 6.45) is 9.26. The molecule has 0 amide bonds. The van der Waals surface area contributed by atoms with Crippen LogP contribution in [0.3, 0.4) is 0 Å². The van der Waals surface area contributed by atoms with Crippen molar-refractivity contribution in [3.8, 4) is 0 Å². The molecule has 1 aliphatic carbocycles. The van der Waals surface area contributed by atoms with E-state index >= 15 is 0 Å². The highest BCUT2D eigenvalue weighted by Crippen LogP contribution is 2.29. The van der Waals surface area contributed by atoms with Gasteiger partial charge in [0.05, 0.1) is 23.8 Å². The van der Waals surface area contributed by atoms with E-state index < -0.39 is 0 Å². The quantitative estimate of drug-likeness (QED) is 0.799. The van der Waals surface area contributed by atoms with Gasteiger partial charge >= 0.3 is 0 Å². The van der Waals surface area contributed by atoms with Gasteiger partial charge in [-0.2, -0.15) is 0 Å². The Hall–Kier alpha value is -1.25. The summed E-state index contributed by atoms with van der Waals surface area (Å²) in [4.78, 5) is 6.81. The van der Waals surface area contributed by atoms with Crippen LogP contribution in [-0.4, -0.2) is 24.6 Å². The van der Waals surface area contributed by atoms with Gasteiger partial charge in [0.2, 0.25) is 0 Å². The van der Waals surface area contributed by atoms with Crippen LogP contribution in [0, 0.1) is 5.92 Å². The molecular weight excluding hydrogens is 222 g/mol. The summed E-state index contributed by atoms with van der Waals surface area (Å²) in [5.74, 6) is 0.900. The molecular formula is C15H25N3. The number of anilines is 2. The number of aromatic nitrogens is 1. The molecule has 1 aromatic rings. The predicted octanol–water partition coefficient (Wildman–Crippen LogP) is 3.53. The SMILES string of the molecule is CCCNc1cncc(N(CC)CC2CCC2)c1. The molecule has 1 aromatic heterocycles. The molecule has 18 heavy (non-hydrogen) atoms. The van der Waals surface area contributed by atoms with Crippen molar-refractivity contribution in [3.63, 3.8) is 0 Å². The third kappa shape index (κ3) is 3.37. The van der Waals surface area contributed by atoms with E-state index in [1.54, 1.807) is 0 Å². The molecule has 1 N–H and O–H groups in total. The first-order valence-electron chi connectivity index (χ1n) is 7.27. The smallest absolute Gasteiger partial charge is 0.0573 e. The normalized spacial score (nSPS) is 15.2. The minimum Gasteiger partial charge on any atom is -0.384 e.